The van der Waals surface area contributed by atoms with Crippen molar-refractivity contribution in [3.8, 4) is 0 Å². The number of rotatable bonds is 5. The Bertz CT molecular complexity index is 619. The summed E-state index contributed by atoms with van der Waals surface area (Å²) in [5, 5.41) is 4.56. The molecule has 0 fully saturated rings. The molecule has 2 aromatic rings. The van der Waals surface area contributed by atoms with Gasteiger partial charge in [-0.1, -0.05) is 0 Å². The second-order valence-corrected chi connectivity index (χ2v) is 5.73. The first-order valence-electron chi connectivity index (χ1n) is 6.78. The van der Waals surface area contributed by atoms with Crippen LogP contribution in [0.5, 0.6) is 0 Å². The van der Waals surface area contributed by atoms with Gasteiger partial charge in [0.05, 0.1) is 5.69 Å². The molecule has 2 aromatic heterocycles. The van der Waals surface area contributed by atoms with Crippen molar-refractivity contribution in [2.45, 2.75) is 39.8 Å². The number of aromatic nitrogens is 4. The Kier molecular flexibility index (Phi) is 4.10. The highest BCUT2D eigenvalue weighted by molar-refractivity contribution is 7.71. The molecule has 0 saturated heterocycles. The summed E-state index contributed by atoms with van der Waals surface area (Å²) in [6.45, 7) is 8.26. The van der Waals surface area contributed by atoms with Crippen molar-refractivity contribution in [1.29, 1.82) is 0 Å². The zero-order valence-corrected chi connectivity index (χ0v) is 13.2. The average molecular weight is 281 g/mol. The highest BCUT2D eigenvalue weighted by atomic mass is 32.1. The lowest BCUT2D eigenvalue weighted by Crippen LogP contribution is -2.18. The number of H-pyrrole nitrogens is 1. The van der Waals surface area contributed by atoms with Crippen molar-refractivity contribution in [3.63, 3.8) is 0 Å². The quantitative estimate of drug-likeness (QED) is 0.857. The number of fused-ring (bicyclic) bond motifs is 1. The fourth-order valence-corrected chi connectivity index (χ4v) is 2.80. The van der Waals surface area contributed by atoms with E-state index in [4.69, 9.17) is 12.2 Å². The van der Waals surface area contributed by atoms with Crippen LogP contribution in [0.2, 0.25) is 0 Å². The molecule has 0 bridgehead atoms. The van der Waals surface area contributed by atoms with Crippen LogP contribution in [0.3, 0.4) is 0 Å². The molecule has 6 heteroatoms. The second-order valence-electron chi connectivity index (χ2n) is 5.34. The van der Waals surface area contributed by atoms with Crippen molar-refractivity contribution >= 4 is 23.4 Å². The van der Waals surface area contributed by atoms with Gasteiger partial charge in [-0.2, -0.15) is 5.10 Å². The molecule has 19 heavy (non-hydrogen) atoms. The Morgan fingerprint density at radius 1 is 1.42 bits per heavy atom. The molecule has 2 heterocycles. The number of hydrogen-bond acceptors (Lipinski definition) is 3. The van der Waals surface area contributed by atoms with Crippen LogP contribution in [-0.4, -0.2) is 44.9 Å². The molecule has 2 rings (SSSR count). The number of hydrogen-bond donors (Lipinski definition) is 1. The Morgan fingerprint density at radius 3 is 2.68 bits per heavy atom. The van der Waals surface area contributed by atoms with Crippen molar-refractivity contribution < 1.29 is 0 Å². The molecule has 0 aliphatic carbocycles. The topological polar surface area (TPSA) is 41.8 Å². The molecule has 5 nitrogen and oxygen atoms in total. The summed E-state index contributed by atoms with van der Waals surface area (Å²) < 4.78 is 5.03. The van der Waals surface area contributed by atoms with E-state index < -0.39 is 0 Å². The predicted molar refractivity (Wildman–Crippen MR) is 81.2 cm³/mol. The highest BCUT2D eigenvalue weighted by Gasteiger charge is 2.17. The SMILES string of the molecule is CCn1nc(C)c2[nH]c(=S)n(C(C)CCN(C)C)c21. The van der Waals surface area contributed by atoms with Gasteiger partial charge in [-0.3, -0.25) is 4.57 Å². The molecule has 0 amide bonds. The molecule has 0 aromatic carbocycles. The fourth-order valence-electron chi connectivity index (χ4n) is 2.43. The first-order chi connectivity index (χ1) is 8.95. The molecule has 0 saturated carbocycles. The third-order valence-electron chi connectivity index (χ3n) is 3.51. The molecule has 0 aliphatic rings. The van der Waals surface area contributed by atoms with Crippen LogP contribution in [0.4, 0.5) is 0 Å². The van der Waals surface area contributed by atoms with Gasteiger partial charge in [0.25, 0.3) is 0 Å². The van der Waals surface area contributed by atoms with Gasteiger partial charge in [0, 0.05) is 12.6 Å². The fraction of sp³-hybridized carbons (Fsp3) is 0.692. The zero-order valence-electron chi connectivity index (χ0n) is 12.4. The number of nitrogens with zero attached hydrogens (tertiary/aromatic N) is 4. The molecule has 0 aliphatic heterocycles. The third kappa shape index (κ3) is 2.60. The zero-order chi connectivity index (χ0) is 14.2. The molecule has 0 spiro atoms. The summed E-state index contributed by atoms with van der Waals surface area (Å²) in [5.74, 6) is 0. The van der Waals surface area contributed by atoms with E-state index in [9.17, 15) is 0 Å². The Balaban J connectivity index is 2.47. The van der Waals surface area contributed by atoms with Crippen LogP contribution in [0.25, 0.3) is 11.2 Å². The van der Waals surface area contributed by atoms with Crippen LogP contribution in [0.1, 0.15) is 32.0 Å². The van der Waals surface area contributed by atoms with Gasteiger partial charge >= 0.3 is 0 Å². The Hall–Kier alpha value is -1.14. The van der Waals surface area contributed by atoms with E-state index in [1.165, 1.54) is 0 Å². The molecular weight excluding hydrogens is 258 g/mol. The van der Waals surface area contributed by atoms with Crippen LogP contribution < -0.4 is 0 Å². The molecule has 106 valence electrons. The largest absolute Gasteiger partial charge is 0.328 e. The maximum atomic E-state index is 5.48. The van der Waals surface area contributed by atoms with Gasteiger partial charge in [0.2, 0.25) is 0 Å². The van der Waals surface area contributed by atoms with Gasteiger partial charge in [-0.15, -0.1) is 0 Å². The van der Waals surface area contributed by atoms with Gasteiger partial charge in [-0.25, -0.2) is 4.68 Å². The monoisotopic (exact) mass is 281 g/mol. The average Bonchev–Trinajstić information content (AvgIpc) is 2.83. The minimum atomic E-state index is 0.366. The summed E-state index contributed by atoms with van der Waals surface area (Å²) in [5.41, 5.74) is 3.21. The normalized spacial score (nSPS) is 13.6. The molecule has 1 N–H and O–H groups in total. The van der Waals surface area contributed by atoms with Gasteiger partial charge < -0.3 is 9.88 Å². The summed E-state index contributed by atoms with van der Waals surface area (Å²) in [6, 6.07) is 0.366. The molecule has 0 radical (unpaired) electrons. The van der Waals surface area contributed by atoms with E-state index in [1.54, 1.807) is 0 Å². The minimum Gasteiger partial charge on any atom is -0.328 e. The van der Waals surface area contributed by atoms with Crippen molar-refractivity contribution in [2.75, 3.05) is 20.6 Å². The standard InChI is InChI=1S/C13H23N5S/c1-6-17-12-11(10(3)15-17)14-13(19)18(12)9(2)7-8-16(4)5/h9H,6-8H2,1-5H3,(H,14,19). The maximum Gasteiger partial charge on any atom is 0.179 e. The van der Waals surface area contributed by atoms with E-state index in [1.807, 2.05) is 11.6 Å². The van der Waals surface area contributed by atoms with Gasteiger partial charge in [0.1, 0.15) is 5.52 Å². The van der Waals surface area contributed by atoms with Gasteiger partial charge in [0.15, 0.2) is 10.4 Å². The lowest BCUT2D eigenvalue weighted by Gasteiger charge is -2.17. The molecule has 1 atom stereocenters. The first kappa shape index (κ1) is 14.3. The lowest BCUT2D eigenvalue weighted by atomic mass is 10.2. The van der Waals surface area contributed by atoms with E-state index >= 15 is 0 Å². The summed E-state index contributed by atoms with van der Waals surface area (Å²) in [7, 11) is 4.19. The van der Waals surface area contributed by atoms with E-state index in [0.717, 1.165) is 41.1 Å². The van der Waals surface area contributed by atoms with E-state index in [0.29, 0.717) is 6.04 Å². The van der Waals surface area contributed by atoms with E-state index in [-0.39, 0.29) is 0 Å². The maximum absolute atomic E-state index is 5.48. The van der Waals surface area contributed by atoms with Crippen molar-refractivity contribution in [3.05, 3.63) is 10.5 Å². The Morgan fingerprint density at radius 2 is 2.11 bits per heavy atom. The Labute approximate surface area is 119 Å². The lowest BCUT2D eigenvalue weighted by molar-refractivity contribution is 0.357. The van der Waals surface area contributed by atoms with Crippen LogP contribution in [0, 0.1) is 11.7 Å². The van der Waals surface area contributed by atoms with E-state index in [2.05, 4.69) is 47.5 Å². The first-order valence-corrected chi connectivity index (χ1v) is 7.18. The van der Waals surface area contributed by atoms with Crippen molar-refractivity contribution in [2.24, 2.45) is 0 Å². The smallest absolute Gasteiger partial charge is 0.179 e. The van der Waals surface area contributed by atoms with Gasteiger partial charge in [-0.05, 0) is 60.1 Å². The third-order valence-corrected chi connectivity index (χ3v) is 3.81. The van der Waals surface area contributed by atoms with Crippen LogP contribution in [-0.2, 0) is 6.54 Å². The number of aromatic amines is 1. The predicted octanol–water partition coefficient (Wildman–Crippen LogP) is 2.74. The van der Waals surface area contributed by atoms with Crippen LogP contribution >= 0.6 is 12.2 Å². The summed E-state index contributed by atoms with van der Waals surface area (Å²) >= 11 is 5.48. The number of aryl methyl sites for hydroxylation is 2. The minimum absolute atomic E-state index is 0.366. The number of nitrogens with one attached hydrogen (secondary N) is 1. The number of imidazole rings is 1. The summed E-state index contributed by atoms with van der Waals surface area (Å²) in [4.78, 5) is 5.50. The second kappa shape index (κ2) is 5.46. The van der Waals surface area contributed by atoms with Crippen molar-refractivity contribution in [1.82, 2.24) is 24.2 Å². The highest BCUT2D eigenvalue weighted by Crippen LogP contribution is 2.23. The molecule has 1 unspecified atom stereocenters. The van der Waals surface area contributed by atoms with Crippen LogP contribution in [0.15, 0.2) is 0 Å². The molecular formula is C13H23N5S. The summed E-state index contributed by atoms with van der Waals surface area (Å²) in [6.07, 6.45) is 1.07.